The normalized spacial score (nSPS) is 13.7. The number of hydrogen-bond donors (Lipinski definition) is 2. The van der Waals surface area contributed by atoms with E-state index in [-0.39, 0.29) is 24.2 Å². The second-order valence-corrected chi connectivity index (χ2v) is 6.82. The number of benzene rings is 2. The Morgan fingerprint density at radius 3 is 2.41 bits per heavy atom. The van der Waals surface area contributed by atoms with Gasteiger partial charge in [0.2, 0.25) is 5.91 Å². The lowest BCUT2D eigenvalue weighted by Gasteiger charge is -2.41. The molecule has 2 heterocycles. The zero-order chi connectivity index (χ0) is 20.2. The summed E-state index contributed by atoms with van der Waals surface area (Å²) in [7, 11) is 0. The molecule has 0 saturated carbocycles. The molecule has 4 rings (SSSR count). The van der Waals surface area contributed by atoms with Gasteiger partial charge >= 0.3 is 5.97 Å². The van der Waals surface area contributed by atoms with Crippen molar-refractivity contribution in [1.82, 2.24) is 4.57 Å². The molecule has 0 spiro atoms. The number of ether oxygens (including phenoxy) is 1. The molecule has 0 aliphatic carbocycles. The minimum absolute atomic E-state index is 0.0208. The van der Waals surface area contributed by atoms with E-state index in [2.05, 4.69) is 10.2 Å². The van der Waals surface area contributed by atoms with E-state index in [9.17, 15) is 14.7 Å². The zero-order valence-corrected chi connectivity index (χ0v) is 15.7. The first-order chi connectivity index (χ1) is 14.1. The molecular weight excluding hydrogens is 370 g/mol. The Bertz CT molecular complexity index is 996. The van der Waals surface area contributed by atoms with Crippen molar-refractivity contribution in [3.8, 4) is 5.69 Å². The molecule has 7 nitrogen and oxygen atoms in total. The van der Waals surface area contributed by atoms with Gasteiger partial charge in [-0.3, -0.25) is 4.79 Å². The number of anilines is 2. The summed E-state index contributed by atoms with van der Waals surface area (Å²) >= 11 is 0. The fraction of sp³-hybridized carbons (Fsp3) is 0.182. The Labute approximate surface area is 168 Å². The highest BCUT2D eigenvalue weighted by Gasteiger charge is 2.31. The first kappa shape index (κ1) is 18.8. The molecule has 0 bridgehead atoms. The Morgan fingerprint density at radius 1 is 1.00 bits per heavy atom. The summed E-state index contributed by atoms with van der Waals surface area (Å²) in [6, 6.07) is 18.2. The minimum atomic E-state index is -0.971. The topological polar surface area (TPSA) is 83.8 Å². The highest BCUT2D eigenvalue weighted by molar-refractivity contribution is 5.95. The minimum Gasteiger partial charge on any atom is -0.478 e. The van der Waals surface area contributed by atoms with Gasteiger partial charge in [-0.2, -0.15) is 0 Å². The summed E-state index contributed by atoms with van der Waals surface area (Å²) < 4.78 is 7.50. The van der Waals surface area contributed by atoms with Gasteiger partial charge in [-0.1, -0.05) is 24.3 Å². The number of amides is 1. The van der Waals surface area contributed by atoms with Crippen LogP contribution in [0.3, 0.4) is 0 Å². The average Bonchev–Trinajstić information content (AvgIpc) is 3.21. The van der Waals surface area contributed by atoms with Crippen molar-refractivity contribution in [1.29, 1.82) is 0 Å². The predicted octanol–water partition coefficient (Wildman–Crippen LogP) is 3.02. The molecule has 0 radical (unpaired) electrons. The van der Waals surface area contributed by atoms with Crippen LogP contribution in [0.4, 0.5) is 11.4 Å². The van der Waals surface area contributed by atoms with Crippen LogP contribution in [-0.2, 0) is 9.53 Å². The van der Waals surface area contributed by atoms with Gasteiger partial charge in [-0.05, 0) is 36.4 Å². The van der Waals surface area contributed by atoms with E-state index in [0.717, 1.165) is 11.4 Å². The number of aromatic nitrogens is 1. The fourth-order valence-electron chi connectivity index (χ4n) is 3.37. The van der Waals surface area contributed by atoms with Crippen LogP contribution in [0.15, 0.2) is 73.1 Å². The number of aromatic carboxylic acids is 1. The number of carbonyl (C=O) groups excluding carboxylic acids is 1. The Morgan fingerprint density at radius 2 is 1.72 bits per heavy atom. The molecule has 2 N–H and O–H groups in total. The summed E-state index contributed by atoms with van der Waals surface area (Å²) in [5.74, 6) is -1.17. The quantitative estimate of drug-likeness (QED) is 0.647. The molecule has 0 unspecified atom stereocenters. The van der Waals surface area contributed by atoms with Gasteiger partial charge in [-0.25, -0.2) is 4.79 Å². The third-order valence-electron chi connectivity index (χ3n) is 4.80. The van der Waals surface area contributed by atoms with E-state index >= 15 is 0 Å². The van der Waals surface area contributed by atoms with E-state index in [1.807, 2.05) is 60.9 Å². The third-order valence-corrected chi connectivity index (χ3v) is 4.80. The number of rotatable bonds is 7. The van der Waals surface area contributed by atoms with E-state index in [1.54, 1.807) is 16.7 Å². The number of carbonyl (C=O) groups is 2. The van der Waals surface area contributed by atoms with Gasteiger partial charge in [0, 0.05) is 31.2 Å². The van der Waals surface area contributed by atoms with Crippen LogP contribution in [0, 0.1) is 0 Å². The number of carboxylic acid groups (broad SMARTS) is 1. The fourth-order valence-corrected chi connectivity index (χ4v) is 3.37. The summed E-state index contributed by atoms with van der Waals surface area (Å²) in [5, 5.41) is 12.4. The van der Waals surface area contributed by atoms with Crippen molar-refractivity contribution in [2.24, 2.45) is 0 Å². The molecule has 1 amide bonds. The lowest BCUT2D eigenvalue weighted by molar-refractivity contribution is -0.123. The molecule has 3 aromatic rings. The Hall–Kier alpha value is -3.58. The monoisotopic (exact) mass is 391 g/mol. The summed E-state index contributed by atoms with van der Waals surface area (Å²) in [6.45, 7) is 1.17. The van der Waals surface area contributed by atoms with E-state index < -0.39 is 5.97 Å². The van der Waals surface area contributed by atoms with Crippen LogP contribution in [0.2, 0.25) is 0 Å². The second kappa shape index (κ2) is 8.20. The number of hydrogen-bond acceptors (Lipinski definition) is 4. The van der Waals surface area contributed by atoms with Gasteiger partial charge < -0.3 is 24.6 Å². The van der Waals surface area contributed by atoms with Gasteiger partial charge in [0.15, 0.2) is 0 Å². The summed E-state index contributed by atoms with van der Waals surface area (Å²) in [6.07, 6.45) is 3.57. The lowest BCUT2D eigenvalue weighted by Crippen LogP contribution is -2.53. The van der Waals surface area contributed by atoms with Crippen LogP contribution in [0.5, 0.6) is 0 Å². The number of nitrogens with zero attached hydrogens (tertiary/aromatic N) is 2. The van der Waals surface area contributed by atoms with Crippen molar-refractivity contribution in [2.75, 3.05) is 29.9 Å². The third kappa shape index (κ3) is 4.14. The van der Waals surface area contributed by atoms with Crippen molar-refractivity contribution in [2.45, 2.75) is 6.10 Å². The van der Waals surface area contributed by atoms with Gasteiger partial charge in [0.1, 0.15) is 6.61 Å². The maximum absolute atomic E-state index is 12.0. The summed E-state index contributed by atoms with van der Waals surface area (Å²) in [4.78, 5) is 25.8. The first-order valence-corrected chi connectivity index (χ1v) is 9.33. The Balaban J connectivity index is 1.38. The van der Waals surface area contributed by atoms with Crippen molar-refractivity contribution < 1.29 is 19.4 Å². The smallest absolute Gasteiger partial charge is 0.337 e. The maximum atomic E-state index is 12.0. The highest BCUT2D eigenvalue weighted by Crippen LogP contribution is 2.32. The van der Waals surface area contributed by atoms with E-state index in [4.69, 9.17) is 4.74 Å². The Kier molecular flexibility index (Phi) is 5.31. The van der Waals surface area contributed by atoms with Gasteiger partial charge in [-0.15, -0.1) is 0 Å². The zero-order valence-electron chi connectivity index (χ0n) is 15.7. The van der Waals surface area contributed by atoms with E-state index in [1.165, 1.54) is 0 Å². The van der Waals surface area contributed by atoms with Crippen LogP contribution >= 0.6 is 0 Å². The SMILES string of the molecule is O=C(COC1CN(c2cccc(C(=O)O)c2-n2cccc2)C1)Nc1ccccc1. The summed E-state index contributed by atoms with van der Waals surface area (Å²) in [5.41, 5.74) is 2.43. The van der Waals surface area contributed by atoms with Crippen molar-refractivity contribution in [3.05, 3.63) is 78.6 Å². The molecule has 29 heavy (non-hydrogen) atoms. The second-order valence-electron chi connectivity index (χ2n) is 6.82. The molecular formula is C22H21N3O4. The number of nitrogens with one attached hydrogen (secondary N) is 1. The van der Waals surface area contributed by atoms with Gasteiger partial charge in [0.25, 0.3) is 0 Å². The molecule has 1 fully saturated rings. The lowest BCUT2D eigenvalue weighted by atomic mass is 10.1. The van der Waals surface area contributed by atoms with Gasteiger partial charge in [0.05, 0.1) is 23.0 Å². The molecule has 148 valence electrons. The van der Waals surface area contributed by atoms with Crippen molar-refractivity contribution >= 4 is 23.3 Å². The molecule has 1 saturated heterocycles. The predicted molar refractivity (Wildman–Crippen MR) is 110 cm³/mol. The van der Waals surface area contributed by atoms with Crippen LogP contribution in [0.25, 0.3) is 5.69 Å². The van der Waals surface area contributed by atoms with Crippen LogP contribution in [0.1, 0.15) is 10.4 Å². The molecule has 1 aromatic heterocycles. The molecule has 2 aromatic carbocycles. The first-order valence-electron chi connectivity index (χ1n) is 9.33. The van der Waals surface area contributed by atoms with Crippen LogP contribution in [-0.4, -0.2) is 47.4 Å². The molecule has 1 aliphatic heterocycles. The largest absolute Gasteiger partial charge is 0.478 e. The standard InChI is InChI=1S/C22H21N3O4/c26-20(23-16-7-2-1-3-8-16)15-29-17-13-25(14-17)19-10-6-9-18(22(27)28)21(19)24-11-4-5-12-24/h1-12,17H,13-15H2,(H,23,26)(H,27,28). The molecule has 0 atom stereocenters. The maximum Gasteiger partial charge on any atom is 0.337 e. The average molecular weight is 391 g/mol. The van der Waals surface area contributed by atoms with E-state index in [0.29, 0.717) is 18.8 Å². The highest BCUT2D eigenvalue weighted by atomic mass is 16.5. The number of para-hydroxylation sites is 2. The van der Waals surface area contributed by atoms with Crippen molar-refractivity contribution in [3.63, 3.8) is 0 Å². The number of carboxylic acids is 1. The van der Waals surface area contributed by atoms with Crippen LogP contribution < -0.4 is 10.2 Å². The molecule has 1 aliphatic rings. The molecule has 7 heteroatoms.